The summed E-state index contributed by atoms with van der Waals surface area (Å²) in [6.07, 6.45) is 0. The second kappa shape index (κ2) is 2.46. The summed E-state index contributed by atoms with van der Waals surface area (Å²) in [4.78, 5) is 0. The van der Waals surface area contributed by atoms with E-state index < -0.39 is 0 Å². The fraction of sp³-hybridized carbons (Fsp3) is 0. The molecule has 0 bridgehead atoms. The number of aromatic amines is 1. The molecule has 0 saturated carbocycles. The van der Waals surface area contributed by atoms with Crippen LogP contribution in [0.15, 0.2) is 16.6 Å². The fourth-order valence-electron chi connectivity index (χ4n) is 0.857. The Hall–Kier alpha value is -0.610. The van der Waals surface area contributed by atoms with Crippen LogP contribution in [0.3, 0.4) is 0 Å². The molecule has 11 heavy (non-hydrogen) atoms. The Labute approximate surface area is 75.9 Å². The van der Waals surface area contributed by atoms with E-state index in [0.717, 1.165) is 9.99 Å². The first-order chi connectivity index (χ1) is 5.29. The van der Waals surface area contributed by atoms with E-state index in [9.17, 15) is 0 Å². The van der Waals surface area contributed by atoms with Crippen molar-refractivity contribution < 1.29 is 0 Å². The van der Waals surface area contributed by atoms with Gasteiger partial charge in [-0.15, -0.1) is 5.10 Å². The summed E-state index contributed by atoms with van der Waals surface area (Å²) in [6.45, 7) is 0. The summed E-state index contributed by atoms with van der Waals surface area (Å²) < 4.78 is 0.834. The van der Waals surface area contributed by atoms with Crippen molar-refractivity contribution in [2.24, 2.45) is 0 Å². The molecule has 2 aromatic rings. The van der Waals surface area contributed by atoms with Crippen molar-refractivity contribution in [2.45, 2.75) is 0 Å². The molecule has 1 heterocycles. The fourth-order valence-corrected chi connectivity index (χ4v) is 1.38. The van der Waals surface area contributed by atoms with Gasteiger partial charge in [0.1, 0.15) is 5.52 Å². The monoisotopic (exact) mass is 231 g/mol. The zero-order chi connectivity index (χ0) is 7.84. The van der Waals surface area contributed by atoms with Gasteiger partial charge in [-0.25, -0.2) is 0 Å². The SMILES string of the molecule is Clc1c(Br)ccc2[nH]nnc12. The number of benzene rings is 1. The number of nitrogens with one attached hydrogen (secondary N) is 1. The molecule has 5 heteroatoms. The van der Waals surface area contributed by atoms with Gasteiger partial charge < -0.3 is 0 Å². The number of hydrogen-bond donors (Lipinski definition) is 1. The lowest BCUT2D eigenvalue weighted by atomic mass is 10.3. The molecule has 0 saturated heterocycles. The number of H-pyrrole nitrogens is 1. The van der Waals surface area contributed by atoms with Crippen LogP contribution in [0.25, 0.3) is 11.0 Å². The van der Waals surface area contributed by atoms with Crippen LogP contribution in [-0.4, -0.2) is 15.4 Å². The van der Waals surface area contributed by atoms with E-state index in [1.165, 1.54) is 0 Å². The minimum absolute atomic E-state index is 0.594. The maximum Gasteiger partial charge on any atom is 0.132 e. The quantitative estimate of drug-likeness (QED) is 0.758. The molecule has 56 valence electrons. The molecule has 1 N–H and O–H groups in total. The average molecular weight is 232 g/mol. The van der Waals surface area contributed by atoms with Crippen molar-refractivity contribution >= 4 is 38.6 Å². The van der Waals surface area contributed by atoms with Gasteiger partial charge >= 0.3 is 0 Å². The second-order valence-corrected chi connectivity index (χ2v) is 3.30. The van der Waals surface area contributed by atoms with Crippen LogP contribution in [0.5, 0.6) is 0 Å². The van der Waals surface area contributed by atoms with Gasteiger partial charge in [0.2, 0.25) is 0 Å². The highest BCUT2D eigenvalue weighted by Crippen LogP contribution is 2.27. The summed E-state index contributed by atoms with van der Waals surface area (Å²) in [7, 11) is 0. The lowest BCUT2D eigenvalue weighted by molar-refractivity contribution is 0.959. The van der Waals surface area contributed by atoms with Crippen LogP contribution in [0.2, 0.25) is 5.02 Å². The Morgan fingerprint density at radius 2 is 2.27 bits per heavy atom. The highest BCUT2D eigenvalue weighted by molar-refractivity contribution is 9.10. The highest BCUT2D eigenvalue weighted by Gasteiger charge is 2.04. The van der Waals surface area contributed by atoms with Gasteiger partial charge in [-0.3, -0.25) is 5.10 Å². The van der Waals surface area contributed by atoms with E-state index in [4.69, 9.17) is 11.6 Å². The zero-order valence-electron chi connectivity index (χ0n) is 5.31. The van der Waals surface area contributed by atoms with Crippen molar-refractivity contribution in [3.63, 3.8) is 0 Å². The Bertz CT molecular complexity index is 398. The average Bonchev–Trinajstić information content (AvgIpc) is 2.45. The minimum atomic E-state index is 0.594. The maximum absolute atomic E-state index is 5.90. The molecule has 0 aliphatic rings. The molecule has 2 rings (SSSR count). The van der Waals surface area contributed by atoms with Crippen LogP contribution in [0.4, 0.5) is 0 Å². The molecular weight excluding hydrogens is 229 g/mol. The first-order valence-electron chi connectivity index (χ1n) is 2.94. The van der Waals surface area contributed by atoms with Crippen LogP contribution in [0, 0.1) is 0 Å². The van der Waals surface area contributed by atoms with Crippen molar-refractivity contribution in [3.8, 4) is 0 Å². The van der Waals surface area contributed by atoms with Crippen molar-refractivity contribution in [1.29, 1.82) is 0 Å². The standard InChI is InChI=1S/C6H3BrClN3/c7-3-1-2-4-6(5(3)8)10-11-9-4/h1-2H,(H,9,10,11). The highest BCUT2D eigenvalue weighted by atomic mass is 79.9. The van der Waals surface area contributed by atoms with E-state index in [2.05, 4.69) is 31.3 Å². The molecule has 0 amide bonds. The van der Waals surface area contributed by atoms with Crippen molar-refractivity contribution in [1.82, 2.24) is 15.4 Å². The number of hydrogen-bond acceptors (Lipinski definition) is 2. The van der Waals surface area contributed by atoms with Crippen LogP contribution < -0.4 is 0 Å². The number of nitrogens with zero attached hydrogens (tertiary/aromatic N) is 2. The summed E-state index contributed by atoms with van der Waals surface area (Å²) >= 11 is 9.19. The van der Waals surface area contributed by atoms with Gasteiger partial charge in [-0.2, -0.15) is 0 Å². The van der Waals surface area contributed by atoms with Crippen molar-refractivity contribution in [2.75, 3.05) is 0 Å². The summed E-state index contributed by atoms with van der Waals surface area (Å²) in [6, 6.07) is 3.72. The van der Waals surface area contributed by atoms with E-state index in [1.54, 1.807) is 0 Å². The van der Waals surface area contributed by atoms with Crippen LogP contribution in [-0.2, 0) is 0 Å². The molecule has 0 aliphatic heterocycles. The third-order valence-corrected chi connectivity index (χ3v) is 2.66. The smallest absolute Gasteiger partial charge is 0.132 e. The molecule has 0 spiro atoms. The Balaban J connectivity index is 2.93. The van der Waals surface area contributed by atoms with Gasteiger partial charge in [0.05, 0.1) is 10.5 Å². The molecule has 0 unspecified atom stereocenters. The normalized spacial score (nSPS) is 10.7. The third kappa shape index (κ3) is 1.02. The molecule has 0 atom stereocenters. The predicted octanol–water partition coefficient (Wildman–Crippen LogP) is 2.37. The number of halogens is 2. The molecule has 0 aliphatic carbocycles. The molecule has 1 aromatic carbocycles. The van der Waals surface area contributed by atoms with Gasteiger partial charge in [0.25, 0.3) is 0 Å². The lowest BCUT2D eigenvalue weighted by Crippen LogP contribution is -1.72. The number of rotatable bonds is 0. The van der Waals surface area contributed by atoms with Gasteiger partial charge in [0, 0.05) is 4.47 Å². The summed E-state index contributed by atoms with van der Waals surface area (Å²) in [5.41, 5.74) is 1.54. The van der Waals surface area contributed by atoms with E-state index in [0.29, 0.717) is 10.5 Å². The van der Waals surface area contributed by atoms with E-state index in [1.807, 2.05) is 12.1 Å². The number of fused-ring (bicyclic) bond motifs is 1. The second-order valence-electron chi connectivity index (χ2n) is 2.07. The van der Waals surface area contributed by atoms with Crippen LogP contribution >= 0.6 is 27.5 Å². The number of aromatic nitrogens is 3. The maximum atomic E-state index is 5.90. The van der Waals surface area contributed by atoms with E-state index >= 15 is 0 Å². The molecule has 0 fully saturated rings. The molecule has 3 nitrogen and oxygen atoms in total. The first kappa shape index (κ1) is 7.06. The third-order valence-electron chi connectivity index (χ3n) is 1.39. The van der Waals surface area contributed by atoms with E-state index in [-0.39, 0.29) is 0 Å². The lowest BCUT2D eigenvalue weighted by Gasteiger charge is -1.92. The Kier molecular flexibility index (Phi) is 1.58. The predicted molar refractivity (Wildman–Crippen MR) is 46.6 cm³/mol. The summed E-state index contributed by atoms with van der Waals surface area (Å²) in [5.74, 6) is 0. The Morgan fingerprint density at radius 3 is 3.09 bits per heavy atom. The zero-order valence-corrected chi connectivity index (χ0v) is 7.65. The first-order valence-corrected chi connectivity index (χ1v) is 4.11. The van der Waals surface area contributed by atoms with Gasteiger partial charge in [-0.05, 0) is 28.1 Å². The van der Waals surface area contributed by atoms with Gasteiger partial charge in [0.15, 0.2) is 0 Å². The van der Waals surface area contributed by atoms with Crippen LogP contribution in [0.1, 0.15) is 0 Å². The van der Waals surface area contributed by atoms with Crippen molar-refractivity contribution in [3.05, 3.63) is 21.6 Å². The van der Waals surface area contributed by atoms with Gasteiger partial charge in [-0.1, -0.05) is 16.8 Å². The molecule has 1 aromatic heterocycles. The largest absolute Gasteiger partial charge is 0.257 e. The molecule has 0 radical (unpaired) electrons. The Morgan fingerprint density at radius 1 is 1.45 bits per heavy atom. The summed E-state index contributed by atoms with van der Waals surface area (Å²) in [5, 5.41) is 10.7. The molecular formula is C6H3BrClN3. The minimum Gasteiger partial charge on any atom is -0.257 e. The topological polar surface area (TPSA) is 41.6 Å².